The van der Waals surface area contributed by atoms with Crippen molar-refractivity contribution in [2.75, 3.05) is 17.3 Å². The molecular weight excluding hydrogens is 378 g/mol. The predicted molar refractivity (Wildman–Crippen MR) is 111 cm³/mol. The normalized spacial score (nSPS) is 13.6. The summed E-state index contributed by atoms with van der Waals surface area (Å²) in [6, 6.07) is 9.61. The Kier molecular flexibility index (Phi) is 4.57. The number of amides is 2. The van der Waals surface area contributed by atoms with Gasteiger partial charge in [0.2, 0.25) is 5.91 Å². The van der Waals surface area contributed by atoms with Gasteiger partial charge in [-0.2, -0.15) is 0 Å². The number of aryl methyl sites for hydroxylation is 3. The zero-order valence-corrected chi connectivity index (χ0v) is 17.0. The molecule has 2 aromatic heterocycles. The lowest BCUT2D eigenvalue weighted by Gasteiger charge is -2.25. The van der Waals surface area contributed by atoms with Gasteiger partial charge in [0, 0.05) is 34.5 Å². The standard InChI is InChI=1S/C20H19N3O2S2/c1-11-4-8-16(26-11)18-12(2)27-20(21-18)22-19(25)14-5-7-15-13(10-14)6-9-17(24)23(15)3/h4-5,7-8,10H,6,9H2,1-3H3,(H,21,22,25). The molecule has 0 aliphatic carbocycles. The molecule has 0 unspecified atom stereocenters. The Labute approximate surface area is 165 Å². The summed E-state index contributed by atoms with van der Waals surface area (Å²) in [6.07, 6.45) is 1.14. The highest BCUT2D eigenvalue weighted by Crippen LogP contribution is 2.35. The first kappa shape index (κ1) is 17.9. The molecule has 4 rings (SSSR count). The average Bonchev–Trinajstić information content (AvgIpc) is 3.23. The van der Waals surface area contributed by atoms with Crippen LogP contribution in [0.1, 0.15) is 32.1 Å². The Morgan fingerprint density at radius 3 is 2.70 bits per heavy atom. The molecule has 1 aromatic carbocycles. The summed E-state index contributed by atoms with van der Waals surface area (Å²) in [4.78, 5) is 34.2. The first-order chi connectivity index (χ1) is 12.9. The minimum atomic E-state index is -0.181. The number of thiazole rings is 1. The Balaban J connectivity index is 1.56. The van der Waals surface area contributed by atoms with Gasteiger partial charge in [-0.25, -0.2) is 4.98 Å². The van der Waals surface area contributed by atoms with Crippen LogP contribution >= 0.6 is 22.7 Å². The molecule has 0 saturated carbocycles. The van der Waals surface area contributed by atoms with Gasteiger partial charge in [-0.05, 0) is 56.2 Å². The summed E-state index contributed by atoms with van der Waals surface area (Å²) in [5.74, 6) is -0.0747. The highest BCUT2D eigenvalue weighted by molar-refractivity contribution is 7.18. The Morgan fingerprint density at radius 2 is 1.96 bits per heavy atom. The third-order valence-corrected chi connectivity index (χ3v) is 6.57. The Morgan fingerprint density at radius 1 is 1.15 bits per heavy atom. The summed E-state index contributed by atoms with van der Waals surface area (Å²) in [7, 11) is 1.77. The minimum absolute atomic E-state index is 0.106. The maximum Gasteiger partial charge on any atom is 0.257 e. The van der Waals surface area contributed by atoms with E-state index in [-0.39, 0.29) is 11.8 Å². The zero-order chi connectivity index (χ0) is 19.1. The van der Waals surface area contributed by atoms with Crippen LogP contribution in [0, 0.1) is 13.8 Å². The molecule has 7 heteroatoms. The molecule has 3 heterocycles. The van der Waals surface area contributed by atoms with Gasteiger partial charge >= 0.3 is 0 Å². The summed E-state index contributed by atoms with van der Waals surface area (Å²) in [6.45, 7) is 4.09. The largest absolute Gasteiger partial charge is 0.315 e. The van der Waals surface area contributed by atoms with Crippen LogP contribution < -0.4 is 10.2 Å². The van der Waals surface area contributed by atoms with E-state index in [4.69, 9.17) is 0 Å². The van der Waals surface area contributed by atoms with E-state index in [2.05, 4.69) is 29.4 Å². The molecule has 27 heavy (non-hydrogen) atoms. The fourth-order valence-corrected chi connectivity index (χ4v) is 5.01. The van der Waals surface area contributed by atoms with Crippen LogP contribution in [0.2, 0.25) is 0 Å². The van der Waals surface area contributed by atoms with Crippen molar-refractivity contribution < 1.29 is 9.59 Å². The first-order valence-electron chi connectivity index (χ1n) is 8.67. The van der Waals surface area contributed by atoms with Crippen LogP contribution in [0.25, 0.3) is 10.6 Å². The molecule has 0 fully saturated rings. The lowest BCUT2D eigenvalue weighted by molar-refractivity contribution is -0.118. The minimum Gasteiger partial charge on any atom is -0.315 e. The van der Waals surface area contributed by atoms with E-state index >= 15 is 0 Å². The van der Waals surface area contributed by atoms with Gasteiger partial charge in [-0.1, -0.05) is 0 Å². The van der Waals surface area contributed by atoms with Crippen LogP contribution in [0.15, 0.2) is 30.3 Å². The third kappa shape index (κ3) is 3.40. The van der Waals surface area contributed by atoms with E-state index < -0.39 is 0 Å². The molecule has 1 aliphatic rings. The highest BCUT2D eigenvalue weighted by atomic mass is 32.1. The van der Waals surface area contributed by atoms with Crippen molar-refractivity contribution in [1.82, 2.24) is 4.98 Å². The second kappa shape index (κ2) is 6.90. The fourth-order valence-electron chi connectivity index (χ4n) is 3.21. The molecule has 3 aromatic rings. The Hall–Kier alpha value is -2.51. The van der Waals surface area contributed by atoms with E-state index in [0.717, 1.165) is 26.7 Å². The van der Waals surface area contributed by atoms with Gasteiger partial charge in [-0.15, -0.1) is 22.7 Å². The molecule has 2 amide bonds. The van der Waals surface area contributed by atoms with Crippen molar-refractivity contribution >= 4 is 45.3 Å². The smallest absolute Gasteiger partial charge is 0.257 e. The number of nitrogens with one attached hydrogen (secondary N) is 1. The number of hydrogen-bond acceptors (Lipinski definition) is 5. The lowest BCUT2D eigenvalue weighted by Crippen LogP contribution is -2.31. The number of fused-ring (bicyclic) bond motifs is 1. The summed E-state index contributed by atoms with van der Waals surface area (Å²) in [5.41, 5.74) is 3.41. The number of rotatable bonds is 3. The van der Waals surface area contributed by atoms with E-state index in [0.29, 0.717) is 23.5 Å². The van der Waals surface area contributed by atoms with Crippen LogP contribution in [-0.4, -0.2) is 23.8 Å². The number of thiophene rings is 1. The van der Waals surface area contributed by atoms with Gasteiger partial charge in [0.15, 0.2) is 5.13 Å². The molecule has 1 aliphatic heterocycles. The molecule has 0 bridgehead atoms. The van der Waals surface area contributed by atoms with Crippen molar-refractivity contribution in [1.29, 1.82) is 0 Å². The third-order valence-electron chi connectivity index (χ3n) is 4.68. The summed E-state index contributed by atoms with van der Waals surface area (Å²) >= 11 is 3.18. The zero-order valence-electron chi connectivity index (χ0n) is 15.3. The number of carbonyl (C=O) groups is 2. The molecule has 0 saturated heterocycles. The van der Waals surface area contributed by atoms with Crippen LogP contribution in [-0.2, 0) is 11.2 Å². The van der Waals surface area contributed by atoms with Crippen LogP contribution in [0.4, 0.5) is 10.8 Å². The predicted octanol–water partition coefficient (Wildman–Crippen LogP) is 4.65. The number of anilines is 2. The molecular formula is C20H19N3O2S2. The van der Waals surface area contributed by atoms with Gasteiger partial charge in [0.25, 0.3) is 5.91 Å². The topological polar surface area (TPSA) is 62.3 Å². The molecule has 0 spiro atoms. The molecule has 1 N–H and O–H groups in total. The summed E-state index contributed by atoms with van der Waals surface area (Å²) < 4.78 is 0. The van der Waals surface area contributed by atoms with Gasteiger partial charge < -0.3 is 4.90 Å². The number of carbonyl (C=O) groups excluding carboxylic acids is 2. The highest BCUT2D eigenvalue weighted by Gasteiger charge is 2.22. The molecule has 0 radical (unpaired) electrons. The van der Waals surface area contributed by atoms with E-state index in [9.17, 15) is 9.59 Å². The second-order valence-corrected chi connectivity index (χ2v) is 9.08. The van der Waals surface area contributed by atoms with Crippen molar-refractivity contribution in [2.45, 2.75) is 26.7 Å². The number of hydrogen-bond donors (Lipinski definition) is 1. The number of benzene rings is 1. The molecule has 138 valence electrons. The van der Waals surface area contributed by atoms with Crippen molar-refractivity contribution in [3.63, 3.8) is 0 Å². The quantitative estimate of drug-likeness (QED) is 0.700. The maximum absolute atomic E-state index is 12.7. The van der Waals surface area contributed by atoms with E-state index in [1.165, 1.54) is 16.2 Å². The van der Waals surface area contributed by atoms with Crippen molar-refractivity contribution in [3.05, 3.63) is 51.2 Å². The van der Waals surface area contributed by atoms with Gasteiger partial charge in [0.1, 0.15) is 0 Å². The average molecular weight is 398 g/mol. The fraction of sp³-hybridized carbons (Fsp3) is 0.250. The second-order valence-electron chi connectivity index (χ2n) is 6.58. The van der Waals surface area contributed by atoms with Crippen LogP contribution in [0.5, 0.6) is 0 Å². The SMILES string of the molecule is Cc1ccc(-c2nc(NC(=O)c3ccc4c(c3)CCC(=O)N4C)sc2C)s1. The van der Waals surface area contributed by atoms with E-state index in [1.807, 2.05) is 19.1 Å². The van der Waals surface area contributed by atoms with Gasteiger partial charge in [0.05, 0.1) is 10.6 Å². The number of aromatic nitrogens is 1. The molecule has 0 atom stereocenters. The Bertz CT molecular complexity index is 1050. The van der Waals surface area contributed by atoms with E-state index in [1.54, 1.807) is 29.4 Å². The first-order valence-corrected chi connectivity index (χ1v) is 10.3. The molecule has 5 nitrogen and oxygen atoms in total. The van der Waals surface area contributed by atoms with Crippen LogP contribution in [0.3, 0.4) is 0 Å². The van der Waals surface area contributed by atoms with Crippen molar-refractivity contribution in [2.24, 2.45) is 0 Å². The number of nitrogens with zero attached hydrogens (tertiary/aromatic N) is 2. The maximum atomic E-state index is 12.7. The van der Waals surface area contributed by atoms with Gasteiger partial charge in [-0.3, -0.25) is 14.9 Å². The van der Waals surface area contributed by atoms with Crippen molar-refractivity contribution in [3.8, 4) is 10.6 Å². The monoisotopic (exact) mass is 397 g/mol. The lowest BCUT2D eigenvalue weighted by atomic mass is 9.99. The summed E-state index contributed by atoms with van der Waals surface area (Å²) in [5, 5.41) is 3.52.